The third-order valence-electron chi connectivity index (χ3n) is 4.14. The van der Waals surface area contributed by atoms with E-state index in [1.165, 1.54) is 32.2 Å². The Balaban J connectivity index is 2.71. The standard InChI is InChI=1S/C11H23N/c1-5-11(6-2)8-7-9-12(4)10(11)3/h10H,5-9H2,1-4H3. The lowest BCUT2D eigenvalue weighted by atomic mass is 9.70. The molecule has 0 amide bonds. The monoisotopic (exact) mass is 169 g/mol. The van der Waals surface area contributed by atoms with Gasteiger partial charge in [-0.25, -0.2) is 0 Å². The summed E-state index contributed by atoms with van der Waals surface area (Å²) in [4.78, 5) is 2.52. The number of hydrogen-bond acceptors (Lipinski definition) is 1. The molecule has 1 nitrogen and oxygen atoms in total. The number of nitrogens with zero attached hydrogens (tertiary/aromatic N) is 1. The molecule has 1 heterocycles. The van der Waals surface area contributed by atoms with Crippen molar-refractivity contribution in [3.05, 3.63) is 0 Å². The molecule has 0 aliphatic carbocycles. The van der Waals surface area contributed by atoms with E-state index >= 15 is 0 Å². The molecule has 1 rings (SSSR count). The summed E-state index contributed by atoms with van der Waals surface area (Å²) in [5, 5.41) is 0. The number of piperidine rings is 1. The van der Waals surface area contributed by atoms with E-state index < -0.39 is 0 Å². The van der Waals surface area contributed by atoms with Gasteiger partial charge >= 0.3 is 0 Å². The van der Waals surface area contributed by atoms with Crippen LogP contribution < -0.4 is 0 Å². The van der Waals surface area contributed by atoms with Crippen LogP contribution in [0.5, 0.6) is 0 Å². The van der Waals surface area contributed by atoms with Gasteiger partial charge in [0.05, 0.1) is 0 Å². The molecule has 0 spiro atoms. The molecular weight excluding hydrogens is 146 g/mol. The molecule has 1 aliphatic heterocycles. The first-order valence-corrected chi connectivity index (χ1v) is 5.36. The van der Waals surface area contributed by atoms with Crippen molar-refractivity contribution in [3.63, 3.8) is 0 Å². The van der Waals surface area contributed by atoms with E-state index in [0.29, 0.717) is 5.41 Å². The van der Waals surface area contributed by atoms with Crippen molar-refractivity contribution in [2.24, 2.45) is 5.41 Å². The van der Waals surface area contributed by atoms with Gasteiger partial charge in [0, 0.05) is 6.04 Å². The molecule has 0 N–H and O–H groups in total. The highest BCUT2D eigenvalue weighted by Crippen LogP contribution is 2.40. The first kappa shape index (κ1) is 10.0. The van der Waals surface area contributed by atoms with Gasteiger partial charge in [0.2, 0.25) is 0 Å². The zero-order chi connectivity index (χ0) is 9.19. The molecule has 0 aromatic carbocycles. The van der Waals surface area contributed by atoms with Crippen molar-refractivity contribution >= 4 is 0 Å². The van der Waals surface area contributed by atoms with E-state index in [9.17, 15) is 0 Å². The molecule has 1 unspecified atom stereocenters. The minimum absolute atomic E-state index is 0.618. The Labute approximate surface area is 77.1 Å². The summed E-state index contributed by atoms with van der Waals surface area (Å²) in [7, 11) is 2.27. The Bertz CT molecular complexity index is 138. The molecule has 12 heavy (non-hydrogen) atoms. The van der Waals surface area contributed by atoms with Crippen molar-refractivity contribution in [1.29, 1.82) is 0 Å². The lowest BCUT2D eigenvalue weighted by Crippen LogP contribution is -2.48. The molecule has 1 saturated heterocycles. The van der Waals surface area contributed by atoms with Crippen LogP contribution in [0.4, 0.5) is 0 Å². The fourth-order valence-electron chi connectivity index (χ4n) is 2.74. The molecule has 1 fully saturated rings. The van der Waals surface area contributed by atoms with Crippen molar-refractivity contribution < 1.29 is 0 Å². The summed E-state index contributed by atoms with van der Waals surface area (Å²) in [5.41, 5.74) is 0.618. The summed E-state index contributed by atoms with van der Waals surface area (Å²) in [6.45, 7) is 8.38. The molecule has 72 valence electrons. The maximum Gasteiger partial charge on any atom is 0.0120 e. The van der Waals surface area contributed by atoms with Gasteiger partial charge < -0.3 is 4.90 Å². The second-order valence-electron chi connectivity index (χ2n) is 4.33. The van der Waals surface area contributed by atoms with Gasteiger partial charge in [-0.2, -0.15) is 0 Å². The second-order valence-corrected chi connectivity index (χ2v) is 4.33. The number of likely N-dealkylation sites (tertiary alicyclic amines) is 1. The second kappa shape index (κ2) is 3.78. The molecule has 0 aromatic heterocycles. The molecule has 1 heteroatoms. The summed E-state index contributed by atoms with van der Waals surface area (Å²) in [5.74, 6) is 0. The van der Waals surface area contributed by atoms with E-state index in [0.717, 1.165) is 6.04 Å². The maximum atomic E-state index is 2.52. The van der Waals surface area contributed by atoms with Crippen LogP contribution in [0.15, 0.2) is 0 Å². The van der Waals surface area contributed by atoms with Crippen molar-refractivity contribution in [2.75, 3.05) is 13.6 Å². The first-order chi connectivity index (χ1) is 5.66. The van der Waals surface area contributed by atoms with Gasteiger partial charge in [0.15, 0.2) is 0 Å². The van der Waals surface area contributed by atoms with Crippen LogP contribution in [0, 0.1) is 5.41 Å². The van der Waals surface area contributed by atoms with Gasteiger partial charge in [-0.1, -0.05) is 13.8 Å². The fourth-order valence-corrected chi connectivity index (χ4v) is 2.74. The number of rotatable bonds is 2. The molecule has 0 aromatic rings. The highest BCUT2D eigenvalue weighted by molar-refractivity contribution is 4.90. The molecule has 1 atom stereocenters. The topological polar surface area (TPSA) is 3.24 Å². The molecule has 0 radical (unpaired) electrons. The van der Waals surface area contributed by atoms with Crippen LogP contribution in [0.25, 0.3) is 0 Å². The quantitative estimate of drug-likeness (QED) is 0.614. The van der Waals surface area contributed by atoms with E-state index in [-0.39, 0.29) is 0 Å². The predicted molar refractivity (Wildman–Crippen MR) is 54.3 cm³/mol. The van der Waals surface area contributed by atoms with Crippen LogP contribution in [0.2, 0.25) is 0 Å². The van der Waals surface area contributed by atoms with Gasteiger partial charge in [-0.15, -0.1) is 0 Å². The van der Waals surface area contributed by atoms with Crippen LogP contribution in [0.3, 0.4) is 0 Å². The van der Waals surface area contributed by atoms with Crippen molar-refractivity contribution in [2.45, 2.75) is 52.5 Å². The van der Waals surface area contributed by atoms with E-state index in [1.807, 2.05) is 0 Å². The zero-order valence-electron chi connectivity index (χ0n) is 9.06. The highest BCUT2D eigenvalue weighted by Gasteiger charge is 2.37. The Hall–Kier alpha value is -0.0400. The normalized spacial score (nSPS) is 30.5. The van der Waals surface area contributed by atoms with Gasteiger partial charge in [0.25, 0.3) is 0 Å². The van der Waals surface area contributed by atoms with Gasteiger partial charge in [-0.3, -0.25) is 0 Å². The third-order valence-corrected chi connectivity index (χ3v) is 4.14. The first-order valence-electron chi connectivity index (χ1n) is 5.36. The minimum atomic E-state index is 0.618. The Morgan fingerprint density at radius 3 is 2.33 bits per heavy atom. The van der Waals surface area contributed by atoms with Gasteiger partial charge in [0.1, 0.15) is 0 Å². The van der Waals surface area contributed by atoms with Crippen LogP contribution in [0.1, 0.15) is 46.5 Å². The molecule has 0 bridgehead atoms. The minimum Gasteiger partial charge on any atom is -0.303 e. The fraction of sp³-hybridized carbons (Fsp3) is 1.00. The third kappa shape index (κ3) is 1.52. The van der Waals surface area contributed by atoms with Crippen LogP contribution in [-0.2, 0) is 0 Å². The van der Waals surface area contributed by atoms with E-state index in [2.05, 4.69) is 32.7 Å². The van der Waals surface area contributed by atoms with Crippen LogP contribution >= 0.6 is 0 Å². The maximum absolute atomic E-state index is 2.52. The Kier molecular flexibility index (Phi) is 3.16. The van der Waals surface area contributed by atoms with E-state index in [4.69, 9.17) is 0 Å². The molecule has 1 aliphatic rings. The average molecular weight is 169 g/mol. The SMILES string of the molecule is CCC1(CC)CCCN(C)C1C. The lowest BCUT2D eigenvalue weighted by Gasteiger charge is -2.47. The average Bonchev–Trinajstić information content (AvgIpc) is 2.11. The van der Waals surface area contributed by atoms with Gasteiger partial charge in [-0.05, 0) is 51.6 Å². The predicted octanol–water partition coefficient (Wildman–Crippen LogP) is 2.91. The summed E-state index contributed by atoms with van der Waals surface area (Å²) < 4.78 is 0. The summed E-state index contributed by atoms with van der Waals surface area (Å²) in [6.07, 6.45) is 5.51. The Morgan fingerprint density at radius 1 is 1.33 bits per heavy atom. The number of hydrogen-bond donors (Lipinski definition) is 0. The van der Waals surface area contributed by atoms with E-state index in [1.54, 1.807) is 0 Å². The zero-order valence-corrected chi connectivity index (χ0v) is 9.06. The smallest absolute Gasteiger partial charge is 0.0120 e. The summed E-state index contributed by atoms with van der Waals surface area (Å²) >= 11 is 0. The summed E-state index contributed by atoms with van der Waals surface area (Å²) in [6, 6.07) is 0.779. The highest BCUT2D eigenvalue weighted by atomic mass is 15.1. The largest absolute Gasteiger partial charge is 0.303 e. The van der Waals surface area contributed by atoms with Crippen molar-refractivity contribution in [1.82, 2.24) is 4.90 Å². The molecule has 0 saturated carbocycles. The van der Waals surface area contributed by atoms with Crippen molar-refractivity contribution in [3.8, 4) is 0 Å². The molecular formula is C11H23N. The van der Waals surface area contributed by atoms with Crippen LogP contribution in [-0.4, -0.2) is 24.5 Å². The lowest BCUT2D eigenvalue weighted by molar-refractivity contribution is 0.0343. The Morgan fingerprint density at radius 2 is 1.92 bits per heavy atom.